The number of nitrogens with zero attached hydrogens (tertiary/aromatic N) is 1. The molecule has 2 aliphatic rings. The van der Waals surface area contributed by atoms with Gasteiger partial charge >= 0.3 is 0 Å². The number of nitrogens with one attached hydrogen (secondary N) is 1. The fraction of sp³-hybridized carbons (Fsp3) is 0.909. The van der Waals surface area contributed by atoms with Crippen molar-refractivity contribution in [1.82, 2.24) is 10.2 Å². The molecule has 0 radical (unpaired) electrons. The van der Waals surface area contributed by atoms with Crippen LogP contribution in [0.15, 0.2) is 0 Å². The zero-order valence-corrected chi connectivity index (χ0v) is 9.92. The predicted octanol–water partition coefficient (Wildman–Crippen LogP) is 0.479. The van der Waals surface area contributed by atoms with Gasteiger partial charge in [0.15, 0.2) is 0 Å². The van der Waals surface area contributed by atoms with Gasteiger partial charge in [0.2, 0.25) is 5.91 Å². The molecule has 2 atom stereocenters. The third-order valence-corrected chi connectivity index (χ3v) is 3.43. The van der Waals surface area contributed by atoms with Crippen molar-refractivity contribution >= 4 is 5.91 Å². The van der Waals surface area contributed by atoms with Crippen molar-refractivity contribution in [1.29, 1.82) is 0 Å². The van der Waals surface area contributed by atoms with Crippen LogP contribution >= 0.6 is 0 Å². The minimum atomic E-state index is -2.77. The number of rotatable bonds is 3. The van der Waals surface area contributed by atoms with Crippen LogP contribution < -0.4 is 5.32 Å². The van der Waals surface area contributed by atoms with Gasteiger partial charge in [0.05, 0.1) is 25.1 Å². The first-order valence-electron chi connectivity index (χ1n) is 5.91. The molecule has 0 unspecified atom stereocenters. The molecule has 98 valence electrons. The van der Waals surface area contributed by atoms with Gasteiger partial charge < -0.3 is 15.0 Å². The van der Waals surface area contributed by atoms with Crippen LogP contribution in [0.5, 0.6) is 0 Å². The van der Waals surface area contributed by atoms with Gasteiger partial charge in [-0.05, 0) is 13.0 Å². The highest BCUT2D eigenvalue weighted by molar-refractivity contribution is 5.80. The molecule has 0 saturated carbocycles. The van der Waals surface area contributed by atoms with Crippen LogP contribution in [0.4, 0.5) is 8.78 Å². The molecule has 2 rings (SSSR count). The van der Waals surface area contributed by atoms with E-state index < -0.39 is 18.5 Å². The van der Waals surface area contributed by atoms with Gasteiger partial charge in [-0.15, -0.1) is 0 Å². The van der Waals surface area contributed by atoms with Gasteiger partial charge in [-0.1, -0.05) is 0 Å². The van der Waals surface area contributed by atoms with Crippen molar-refractivity contribution in [3.63, 3.8) is 0 Å². The SMILES string of the molecule is COC[C@H]1CC(F)(F)CN1C(=O)[C@@H]1CCNC1. The summed E-state index contributed by atoms with van der Waals surface area (Å²) in [5.74, 6) is -3.08. The molecule has 0 aromatic carbocycles. The lowest BCUT2D eigenvalue weighted by molar-refractivity contribution is -0.137. The molecule has 6 heteroatoms. The first-order valence-corrected chi connectivity index (χ1v) is 5.91. The third-order valence-electron chi connectivity index (χ3n) is 3.43. The Bertz CT molecular complexity index is 293. The fourth-order valence-corrected chi connectivity index (χ4v) is 2.60. The van der Waals surface area contributed by atoms with Gasteiger partial charge in [-0.25, -0.2) is 8.78 Å². The molecular formula is C11H18F2N2O2. The maximum Gasteiger partial charge on any atom is 0.267 e. The summed E-state index contributed by atoms with van der Waals surface area (Å²) < 4.78 is 31.6. The molecule has 4 nitrogen and oxygen atoms in total. The van der Waals surface area contributed by atoms with Crippen LogP contribution in [0.3, 0.4) is 0 Å². The minimum Gasteiger partial charge on any atom is -0.383 e. The van der Waals surface area contributed by atoms with E-state index in [1.165, 1.54) is 12.0 Å². The molecule has 17 heavy (non-hydrogen) atoms. The number of methoxy groups -OCH3 is 1. The van der Waals surface area contributed by atoms with E-state index in [4.69, 9.17) is 4.74 Å². The summed E-state index contributed by atoms with van der Waals surface area (Å²) in [4.78, 5) is 13.4. The molecule has 0 aliphatic carbocycles. The summed E-state index contributed by atoms with van der Waals surface area (Å²) in [7, 11) is 1.47. The van der Waals surface area contributed by atoms with E-state index >= 15 is 0 Å². The monoisotopic (exact) mass is 248 g/mol. The topological polar surface area (TPSA) is 41.6 Å². The van der Waals surface area contributed by atoms with Crippen molar-refractivity contribution in [2.24, 2.45) is 5.92 Å². The highest BCUT2D eigenvalue weighted by Crippen LogP contribution is 2.33. The molecule has 2 heterocycles. The van der Waals surface area contributed by atoms with E-state index in [1.54, 1.807) is 0 Å². The fourth-order valence-electron chi connectivity index (χ4n) is 2.60. The molecule has 0 aromatic heterocycles. The molecule has 1 N–H and O–H groups in total. The molecule has 2 fully saturated rings. The van der Waals surface area contributed by atoms with Crippen molar-refractivity contribution in [2.75, 3.05) is 33.4 Å². The van der Waals surface area contributed by atoms with Crippen molar-refractivity contribution < 1.29 is 18.3 Å². The van der Waals surface area contributed by atoms with E-state index in [0.717, 1.165) is 13.0 Å². The lowest BCUT2D eigenvalue weighted by atomic mass is 10.1. The Morgan fingerprint density at radius 3 is 2.94 bits per heavy atom. The van der Waals surface area contributed by atoms with Gasteiger partial charge in [0, 0.05) is 20.1 Å². The largest absolute Gasteiger partial charge is 0.383 e. The zero-order chi connectivity index (χ0) is 12.5. The van der Waals surface area contributed by atoms with E-state index in [2.05, 4.69) is 5.32 Å². The zero-order valence-electron chi connectivity index (χ0n) is 9.92. The van der Waals surface area contributed by atoms with Crippen molar-refractivity contribution in [3.8, 4) is 0 Å². The summed E-state index contributed by atoms with van der Waals surface area (Å²) in [6.07, 6.45) is 0.452. The van der Waals surface area contributed by atoms with Gasteiger partial charge in [0.1, 0.15) is 0 Å². The predicted molar refractivity (Wildman–Crippen MR) is 57.9 cm³/mol. The highest BCUT2D eigenvalue weighted by atomic mass is 19.3. The van der Waals surface area contributed by atoms with E-state index in [0.29, 0.717) is 6.54 Å². The van der Waals surface area contributed by atoms with Crippen LogP contribution in [-0.2, 0) is 9.53 Å². The van der Waals surface area contributed by atoms with Crippen LogP contribution in [0.1, 0.15) is 12.8 Å². The normalized spacial score (nSPS) is 32.1. The van der Waals surface area contributed by atoms with E-state index in [-0.39, 0.29) is 24.9 Å². The molecule has 1 amide bonds. The van der Waals surface area contributed by atoms with Gasteiger partial charge in [-0.3, -0.25) is 4.79 Å². The molecule has 0 aromatic rings. The quantitative estimate of drug-likeness (QED) is 0.790. The Hall–Kier alpha value is -0.750. The maximum absolute atomic E-state index is 13.4. The standard InChI is InChI=1S/C11H18F2N2O2/c1-17-6-9-4-11(12,13)7-15(9)10(16)8-2-3-14-5-8/h8-9,14H,2-7H2,1H3/t8-,9-/m1/s1. The second-order valence-electron chi connectivity index (χ2n) is 4.83. The second-order valence-corrected chi connectivity index (χ2v) is 4.83. The van der Waals surface area contributed by atoms with E-state index in [9.17, 15) is 13.6 Å². The van der Waals surface area contributed by atoms with Crippen LogP contribution in [0.25, 0.3) is 0 Å². The molecule has 2 saturated heterocycles. The lowest BCUT2D eigenvalue weighted by Crippen LogP contribution is -2.42. The van der Waals surface area contributed by atoms with Crippen molar-refractivity contribution in [3.05, 3.63) is 0 Å². The average molecular weight is 248 g/mol. The maximum atomic E-state index is 13.4. The van der Waals surface area contributed by atoms with Crippen molar-refractivity contribution in [2.45, 2.75) is 24.8 Å². The van der Waals surface area contributed by atoms with Crippen LogP contribution in [0, 0.1) is 5.92 Å². The van der Waals surface area contributed by atoms with E-state index in [1.807, 2.05) is 0 Å². The third kappa shape index (κ3) is 2.74. The number of hydrogen-bond acceptors (Lipinski definition) is 3. The Balaban J connectivity index is 2.03. The Morgan fingerprint density at radius 2 is 2.35 bits per heavy atom. The second kappa shape index (κ2) is 4.86. The molecule has 0 spiro atoms. The molecule has 2 aliphatic heterocycles. The summed E-state index contributed by atoms with van der Waals surface area (Å²) in [5, 5.41) is 3.08. The number of carbonyl (C=O) groups is 1. The average Bonchev–Trinajstić information content (AvgIpc) is 2.85. The Labute approximate surface area is 99.3 Å². The number of amides is 1. The number of ether oxygens (including phenoxy) is 1. The Morgan fingerprint density at radius 1 is 1.59 bits per heavy atom. The summed E-state index contributed by atoms with van der Waals surface area (Å²) >= 11 is 0. The minimum absolute atomic E-state index is 0.150. The number of halogens is 2. The van der Waals surface area contributed by atoms with Gasteiger partial charge in [0.25, 0.3) is 5.92 Å². The lowest BCUT2D eigenvalue weighted by Gasteiger charge is -2.25. The number of hydrogen-bond donors (Lipinski definition) is 1. The highest BCUT2D eigenvalue weighted by Gasteiger charge is 2.48. The number of carbonyl (C=O) groups excluding carboxylic acids is 1. The summed E-state index contributed by atoms with van der Waals surface area (Å²) in [6.45, 7) is 1.11. The first kappa shape index (κ1) is 12.7. The molecule has 0 bridgehead atoms. The van der Waals surface area contributed by atoms with Gasteiger partial charge in [-0.2, -0.15) is 0 Å². The number of likely N-dealkylation sites (tertiary alicyclic amines) is 1. The number of alkyl halides is 2. The summed E-state index contributed by atoms with van der Waals surface area (Å²) in [6, 6.07) is -0.483. The Kier molecular flexibility index (Phi) is 3.63. The smallest absolute Gasteiger partial charge is 0.267 e. The first-order chi connectivity index (χ1) is 8.03. The molecular weight excluding hydrogens is 230 g/mol. The summed E-state index contributed by atoms with van der Waals surface area (Å²) in [5.41, 5.74) is 0. The van der Waals surface area contributed by atoms with Crippen LogP contribution in [-0.4, -0.2) is 56.1 Å². The van der Waals surface area contributed by atoms with Crippen LogP contribution in [0.2, 0.25) is 0 Å².